The summed E-state index contributed by atoms with van der Waals surface area (Å²) in [4.78, 5) is 4.85. The predicted molar refractivity (Wildman–Crippen MR) is 97.2 cm³/mol. The first-order valence-electron chi connectivity index (χ1n) is 8.35. The first-order valence-corrected chi connectivity index (χ1v) is 10.3. The lowest BCUT2D eigenvalue weighted by Gasteiger charge is -2.25. The maximum absolute atomic E-state index is 12.3. The molecule has 0 bridgehead atoms. The average Bonchev–Trinajstić information content (AvgIpc) is 3.44. The Hall–Kier alpha value is -1.33. The third-order valence-electron chi connectivity index (χ3n) is 6.05. The van der Waals surface area contributed by atoms with Gasteiger partial charge in [-0.05, 0) is 42.5 Å². The second-order valence-corrected chi connectivity index (χ2v) is 9.97. The van der Waals surface area contributed by atoms with E-state index < -0.39 is 9.84 Å². The van der Waals surface area contributed by atoms with Crippen molar-refractivity contribution in [1.82, 2.24) is 0 Å². The summed E-state index contributed by atoms with van der Waals surface area (Å²) in [6.07, 6.45) is 3.45. The molecule has 0 saturated heterocycles. The Morgan fingerprint density at radius 3 is 2.58 bits per heavy atom. The highest BCUT2D eigenvalue weighted by atomic mass is 35.5. The van der Waals surface area contributed by atoms with Crippen LogP contribution in [-0.4, -0.2) is 19.5 Å². The van der Waals surface area contributed by atoms with Crippen LogP contribution in [-0.2, 0) is 9.84 Å². The van der Waals surface area contributed by atoms with Crippen molar-refractivity contribution in [3.05, 3.63) is 35.0 Å². The van der Waals surface area contributed by atoms with Crippen molar-refractivity contribution in [2.24, 2.45) is 22.2 Å². The van der Waals surface area contributed by atoms with Crippen LogP contribution >= 0.6 is 11.6 Å². The van der Waals surface area contributed by atoms with E-state index in [9.17, 15) is 8.42 Å². The third-order valence-corrected chi connectivity index (χ3v) is 8.62. The SMILES string of the molecule is CC1C2=CN=C(Nc3ccc(S(=O)(=O)C4CC4)cc3Cl)C(C)C21C. The second-order valence-electron chi connectivity index (χ2n) is 7.34. The highest BCUT2D eigenvalue weighted by Gasteiger charge is 2.59. The Labute approximate surface area is 147 Å². The van der Waals surface area contributed by atoms with Crippen LogP contribution in [0.5, 0.6) is 0 Å². The van der Waals surface area contributed by atoms with Gasteiger partial charge in [0.05, 0.1) is 20.9 Å². The maximum atomic E-state index is 12.3. The molecule has 0 radical (unpaired) electrons. The highest BCUT2D eigenvalue weighted by molar-refractivity contribution is 7.92. The van der Waals surface area contributed by atoms with Gasteiger partial charge in [-0.1, -0.05) is 32.4 Å². The molecular weight excluding hydrogens is 344 g/mol. The van der Waals surface area contributed by atoms with Gasteiger partial charge in [-0.2, -0.15) is 0 Å². The Bertz CT molecular complexity index is 886. The van der Waals surface area contributed by atoms with Gasteiger partial charge < -0.3 is 5.32 Å². The predicted octanol–water partition coefficient (Wildman–Crippen LogP) is 4.28. The third kappa shape index (κ3) is 2.25. The molecule has 1 aromatic carbocycles. The van der Waals surface area contributed by atoms with Crippen LogP contribution in [0.15, 0.2) is 39.9 Å². The van der Waals surface area contributed by atoms with Crippen molar-refractivity contribution in [3.63, 3.8) is 0 Å². The zero-order chi connectivity index (χ0) is 17.3. The van der Waals surface area contributed by atoms with Crippen molar-refractivity contribution in [2.45, 2.75) is 43.8 Å². The van der Waals surface area contributed by atoms with Crippen molar-refractivity contribution < 1.29 is 8.42 Å². The Morgan fingerprint density at radius 2 is 1.96 bits per heavy atom. The fraction of sp³-hybridized carbons (Fsp3) is 0.500. The molecule has 1 heterocycles. The molecule has 2 aliphatic carbocycles. The molecule has 0 amide bonds. The van der Waals surface area contributed by atoms with E-state index in [4.69, 9.17) is 11.6 Å². The molecule has 3 aliphatic rings. The summed E-state index contributed by atoms with van der Waals surface area (Å²) >= 11 is 6.34. The van der Waals surface area contributed by atoms with Crippen LogP contribution in [0.1, 0.15) is 33.6 Å². The molecule has 0 aromatic heterocycles. The molecule has 1 N–H and O–H groups in total. The molecule has 1 aliphatic heterocycles. The minimum Gasteiger partial charge on any atom is -0.342 e. The van der Waals surface area contributed by atoms with Gasteiger partial charge in [-0.15, -0.1) is 0 Å². The Balaban J connectivity index is 1.58. The lowest BCUT2D eigenvalue weighted by atomic mass is 9.87. The molecule has 4 rings (SSSR count). The van der Waals surface area contributed by atoms with Gasteiger partial charge in [-0.25, -0.2) is 13.4 Å². The zero-order valence-corrected chi connectivity index (χ0v) is 15.6. The van der Waals surface area contributed by atoms with E-state index in [-0.39, 0.29) is 16.6 Å². The highest BCUT2D eigenvalue weighted by Crippen LogP contribution is 2.64. The Morgan fingerprint density at radius 1 is 1.25 bits per heavy atom. The van der Waals surface area contributed by atoms with E-state index in [1.165, 1.54) is 5.57 Å². The van der Waals surface area contributed by atoms with Gasteiger partial charge in [-0.3, -0.25) is 0 Å². The van der Waals surface area contributed by atoms with Crippen molar-refractivity contribution in [2.75, 3.05) is 5.32 Å². The van der Waals surface area contributed by atoms with Gasteiger partial charge in [0.25, 0.3) is 0 Å². The molecule has 128 valence electrons. The van der Waals surface area contributed by atoms with Crippen LogP contribution in [0.3, 0.4) is 0 Å². The Kier molecular flexibility index (Phi) is 3.42. The summed E-state index contributed by atoms with van der Waals surface area (Å²) in [5.74, 6) is 1.71. The topological polar surface area (TPSA) is 58.5 Å². The minimum absolute atomic E-state index is 0.172. The van der Waals surface area contributed by atoms with Crippen molar-refractivity contribution in [3.8, 4) is 0 Å². The molecule has 2 saturated carbocycles. The molecule has 6 heteroatoms. The number of fused-ring (bicyclic) bond motifs is 1. The number of nitrogens with one attached hydrogen (secondary N) is 1. The van der Waals surface area contributed by atoms with Crippen molar-refractivity contribution >= 4 is 33.0 Å². The molecule has 1 aromatic rings. The monoisotopic (exact) mass is 364 g/mol. The van der Waals surface area contributed by atoms with E-state index in [2.05, 4.69) is 31.1 Å². The van der Waals surface area contributed by atoms with Crippen LogP contribution in [0.2, 0.25) is 5.02 Å². The normalized spacial score (nSPS) is 31.8. The number of aliphatic imine (C=N–C) groups is 1. The van der Waals surface area contributed by atoms with E-state index in [0.29, 0.717) is 21.5 Å². The lowest BCUT2D eigenvalue weighted by molar-refractivity contribution is 0.435. The summed E-state index contributed by atoms with van der Waals surface area (Å²) < 4.78 is 24.6. The van der Waals surface area contributed by atoms with Gasteiger partial charge in [0, 0.05) is 17.5 Å². The van der Waals surface area contributed by atoms with Crippen LogP contribution in [0.25, 0.3) is 0 Å². The largest absolute Gasteiger partial charge is 0.342 e. The first kappa shape index (κ1) is 16.2. The van der Waals surface area contributed by atoms with Crippen LogP contribution < -0.4 is 5.32 Å². The second kappa shape index (κ2) is 5.09. The minimum atomic E-state index is -3.22. The number of hydrogen-bond donors (Lipinski definition) is 1. The average molecular weight is 365 g/mol. The summed E-state index contributed by atoms with van der Waals surface area (Å²) in [6.45, 7) is 6.66. The number of benzene rings is 1. The first-order chi connectivity index (χ1) is 11.3. The zero-order valence-electron chi connectivity index (χ0n) is 14.0. The summed E-state index contributed by atoms with van der Waals surface area (Å²) in [5, 5.41) is 3.49. The van der Waals surface area contributed by atoms with Crippen molar-refractivity contribution in [1.29, 1.82) is 0 Å². The number of amidine groups is 1. The van der Waals surface area contributed by atoms with E-state index >= 15 is 0 Å². The fourth-order valence-corrected chi connectivity index (χ4v) is 5.69. The van der Waals surface area contributed by atoms with Gasteiger partial charge >= 0.3 is 0 Å². The van der Waals surface area contributed by atoms with E-state index in [0.717, 1.165) is 18.7 Å². The number of sulfone groups is 1. The number of anilines is 1. The molecule has 2 fully saturated rings. The van der Waals surface area contributed by atoms with Gasteiger partial charge in [0.1, 0.15) is 5.84 Å². The number of halogens is 1. The standard InChI is InChI=1S/C18H21ClN2O2S/c1-10-14-9-20-17(11(2)18(10,14)3)21-16-7-6-13(8-15(16)19)24(22,23)12-4-5-12/h6-12H,4-5H2,1-3H3,(H,20,21). The molecular formula is C18H21ClN2O2S. The van der Waals surface area contributed by atoms with Crippen LogP contribution in [0, 0.1) is 17.3 Å². The van der Waals surface area contributed by atoms with Gasteiger partial charge in [0.2, 0.25) is 0 Å². The molecule has 3 atom stereocenters. The van der Waals surface area contributed by atoms with E-state index in [1.54, 1.807) is 18.2 Å². The summed E-state index contributed by atoms with van der Waals surface area (Å²) in [5.41, 5.74) is 2.27. The smallest absolute Gasteiger partial charge is 0.181 e. The maximum Gasteiger partial charge on any atom is 0.181 e. The fourth-order valence-electron chi connectivity index (χ4n) is 3.72. The number of allylic oxidation sites excluding steroid dienone is 1. The number of hydrogen-bond acceptors (Lipinski definition) is 4. The molecule has 4 nitrogen and oxygen atoms in total. The van der Waals surface area contributed by atoms with E-state index in [1.807, 2.05) is 6.20 Å². The summed E-state index contributed by atoms with van der Waals surface area (Å²) in [7, 11) is -3.22. The quantitative estimate of drug-likeness (QED) is 0.870. The number of nitrogens with zero attached hydrogens (tertiary/aromatic N) is 1. The lowest BCUT2D eigenvalue weighted by Crippen LogP contribution is -2.29. The van der Waals surface area contributed by atoms with Gasteiger partial charge in [0.15, 0.2) is 9.84 Å². The molecule has 0 spiro atoms. The molecule has 24 heavy (non-hydrogen) atoms. The molecule has 3 unspecified atom stereocenters. The summed E-state index contributed by atoms with van der Waals surface area (Å²) in [6, 6.07) is 4.93. The van der Waals surface area contributed by atoms with Crippen LogP contribution in [0.4, 0.5) is 5.69 Å². The number of rotatable bonds is 3.